The molecule has 3 saturated heterocycles. The first-order chi connectivity index (χ1) is 11.2. The summed E-state index contributed by atoms with van der Waals surface area (Å²) < 4.78 is 0. The maximum Gasteiger partial charge on any atom is 0.239 e. The molecule has 0 spiro atoms. The van der Waals surface area contributed by atoms with Crippen molar-refractivity contribution in [3.05, 3.63) is 0 Å². The van der Waals surface area contributed by atoms with Gasteiger partial charge in [0.2, 0.25) is 11.8 Å². The molecule has 3 rings (SSSR count). The van der Waals surface area contributed by atoms with Crippen LogP contribution in [0.3, 0.4) is 0 Å². The summed E-state index contributed by atoms with van der Waals surface area (Å²) in [6, 6.07) is 0.0153. The van der Waals surface area contributed by atoms with Crippen molar-refractivity contribution in [1.82, 2.24) is 20.0 Å². The predicted octanol–water partition coefficient (Wildman–Crippen LogP) is 0.285. The van der Waals surface area contributed by atoms with Gasteiger partial charge >= 0.3 is 0 Å². The Labute approximate surface area is 139 Å². The molecule has 0 bridgehead atoms. The Morgan fingerprint density at radius 1 is 0.826 bits per heavy atom. The topological polar surface area (TPSA) is 55.9 Å². The molecule has 6 nitrogen and oxygen atoms in total. The molecular formula is C17H30N4O2. The number of carbonyl (C=O) groups is 2. The highest BCUT2D eigenvalue weighted by Gasteiger charge is 2.28. The Balaban J connectivity index is 1.46. The molecule has 0 unspecified atom stereocenters. The summed E-state index contributed by atoms with van der Waals surface area (Å²) in [5.41, 5.74) is 0. The van der Waals surface area contributed by atoms with Crippen molar-refractivity contribution in [3.63, 3.8) is 0 Å². The van der Waals surface area contributed by atoms with Gasteiger partial charge in [0.15, 0.2) is 0 Å². The Morgan fingerprint density at radius 2 is 1.61 bits per heavy atom. The largest absolute Gasteiger partial charge is 0.342 e. The van der Waals surface area contributed by atoms with Crippen LogP contribution in [0.2, 0.25) is 0 Å². The van der Waals surface area contributed by atoms with Crippen LogP contribution in [0, 0.1) is 0 Å². The lowest BCUT2D eigenvalue weighted by Crippen LogP contribution is -2.49. The predicted molar refractivity (Wildman–Crippen MR) is 89.1 cm³/mol. The van der Waals surface area contributed by atoms with Crippen molar-refractivity contribution in [2.24, 2.45) is 0 Å². The lowest BCUT2D eigenvalue weighted by molar-refractivity contribution is -0.133. The molecule has 0 radical (unpaired) electrons. The first-order valence-corrected chi connectivity index (χ1v) is 9.26. The monoisotopic (exact) mass is 322 g/mol. The van der Waals surface area contributed by atoms with Crippen molar-refractivity contribution in [3.8, 4) is 0 Å². The second-order valence-electron chi connectivity index (χ2n) is 7.05. The molecular weight excluding hydrogens is 292 g/mol. The lowest BCUT2D eigenvalue weighted by Gasteiger charge is -2.29. The van der Waals surface area contributed by atoms with E-state index in [9.17, 15) is 9.59 Å². The van der Waals surface area contributed by atoms with Crippen molar-refractivity contribution in [2.75, 3.05) is 52.4 Å². The van der Waals surface area contributed by atoms with Crippen molar-refractivity contribution in [2.45, 2.75) is 44.6 Å². The van der Waals surface area contributed by atoms with E-state index in [1.165, 1.54) is 6.42 Å². The van der Waals surface area contributed by atoms with E-state index in [4.69, 9.17) is 0 Å². The van der Waals surface area contributed by atoms with Gasteiger partial charge in [-0.05, 0) is 38.6 Å². The molecule has 6 heteroatoms. The van der Waals surface area contributed by atoms with Gasteiger partial charge in [0, 0.05) is 39.3 Å². The third-order valence-electron chi connectivity index (χ3n) is 5.33. The van der Waals surface area contributed by atoms with E-state index >= 15 is 0 Å². The summed E-state index contributed by atoms with van der Waals surface area (Å²) in [7, 11) is 0. The summed E-state index contributed by atoms with van der Waals surface area (Å²) in [5, 5.41) is 3.35. The van der Waals surface area contributed by atoms with Gasteiger partial charge in [-0.3, -0.25) is 14.5 Å². The van der Waals surface area contributed by atoms with Crippen LogP contribution in [-0.2, 0) is 9.59 Å². The summed E-state index contributed by atoms with van der Waals surface area (Å²) in [5.74, 6) is 0.522. The van der Waals surface area contributed by atoms with E-state index in [1.807, 2.05) is 9.80 Å². The van der Waals surface area contributed by atoms with E-state index in [0.717, 1.165) is 77.9 Å². The van der Waals surface area contributed by atoms with Crippen LogP contribution in [0.5, 0.6) is 0 Å². The molecule has 0 saturated carbocycles. The van der Waals surface area contributed by atoms with Gasteiger partial charge in [-0.2, -0.15) is 0 Å². The molecule has 1 N–H and O–H groups in total. The SMILES string of the molecule is O=C(CN1CCCN(C(=O)[C@H]2CCCCN2)CC1)N1CCCC1. The van der Waals surface area contributed by atoms with E-state index < -0.39 is 0 Å². The van der Waals surface area contributed by atoms with Crippen LogP contribution in [0.15, 0.2) is 0 Å². The number of likely N-dealkylation sites (tertiary alicyclic amines) is 1. The molecule has 0 aromatic heterocycles. The van der Waals surface area contributed by atoms with Crippen LogP contribution in [-0.4, -0.2) is 84.9 Å². The van der Waals surface area contributed by atoms with Crippen LogP contribution in [0.4, 0.5) is 0 Å². The standard InChI is InChI=1S/C17H30N4O2/c22-16(20-9-3-4-10-20)14-19-8-5-11-21(13-12-19)17(23)15-6-1-2-7-18-15/h15,18H,1-14H2/t15-/m1/s1. The molecule has 3 fully saturated rings. The number of piperidine rings is 1. The van der Waals surface area contributed by atoms with Crippen LogP contribution in [0.25, 0.3) is 0 Å². The van der Waals surface area contributed by atoms with Gasteiger partial charge in [0.1, 0.15) is 0 Å². The van der Waals surface area contributed by atoms with Gasteiger partial charge in [-0.15, -0.1) is 0 Å². The molecule has 0 aromatic rings. The highest BCUT2D eigenvalue weighted by molar-refractivity contribution is 5.82. The van der Waals surface area contributed by atoms with Crippen LogP contribution < -0.4 is 5.32 Å². The molecule has 23 heavy (non-hydrogen) atoms. The number of nitrogens with zero attached hydrogens (tertiary/aromatic N) is 3. The number of hydrogen-bond donors (Lipinski definition) is 1. The fourth-order valence-electron chi connectivity index (χ4n) is 3.89. The van der Waals surface area contributed by atoms with Gasteiger partial charge in [0.25, 0.3) is 0 Å². The Bertz CT molecular complexity index is 417. The second-order valence-corrected chi connectivity index (χ2v) is 7.05. The minimum Gasteiger partial charge on any atom is -0.342 e. The smallest absolute Gasteiger partial charge is 0.239 e. The number of hydrogen-bond acceptors (Lipinski definition) is 4. The maximum absolute atomic E-state index is 12.6. The quantitative estimate of drug-likeness (QED) is 0.811. The summed E-state index contributed by atoms with van der Waals surface area (Å²) in [6.45, 7) is 6.63. The lowest BCUT2D eigenvalue weighted by atomic mass is 10.0. The fourth-order valence-corrected chi connectivity index (χ4v) is 3.89. The Hall–Kier alpha value is -1.14. The van der Waals surface area contributed by atoms with E-state index in [1.54, 1.807) is 0 Å². The molecule has 0 aromatic carbocycles. The van der Waals surface area contributed by atoms with Crippen LogP contribution >= 0.6 is 0 Å². The molecule has 0 aliphatic carbocycles. The number of amides is 2. The first-order valence-electron chi connectivity index (χ1n) is 9.26. The molecule has 1 atom stereocenters. The summed E-state index contributed by atoms with van der Waals surface area (Å²) in [6.07, 6.45) is 6.53. The normalized spacial score (nSPS) is 27.0. The summed E-state index contributed by atoms with van der Waals surface area (Å²) >= 11 is 0. The van der Waals surface area contributed by atoms with E-state index in [-0.39, 0.29) is 17.9 Å². The average Bonchev–Trinajstić information content (AvgIpc) is 3.03. The van der Waals surface area contributed by atoms with Gasteiger partial charge in [-0.1, -0.05) is 6.42 Å². The second kappa shape index (κ2) is 8.11. The van der Waals surface area contributed by atoms with Crippen molar-refractivity contribution < 1.29 is 9.59 Å². The summed E-state index contributed by atoms with van der Waals surface area (Å²) in [4.78, 5) is 31.1. The number of carbonyl (C=O) groups excluding carboxylic acids is 2. The van der Waals surface area contributed by atoms with Crippen molar-refractivity contribution in [1.29, 1.82) is 0 Å². The van der Waals surface area contributed by atoms with Crippen molar-refractivity contribution >= 4 is 11.8 Å². The first kappa shape index (κ1) is 16.7. The average molecular weight is 322 g/mol. The molecule has 3 aliphatic heterocycles. The zero-order valence-corrected chi connectivity index (χ0v) is 14.1. The molecule has 2 amide bonds. The molecule has 3 heterocycles. The fraction of sp³-hybridized carbons (Fsp3) is 0.882. The number of rotatable bonds is 3. The minimum atomic E-state index is 0.0153. The third kappa shape index (κ3) is 4.44. The zero-order valence-electron chi connectivity index (χ0n) is 14.1. The van der Waals surface area contributed by atoms with Gasteiger partial charge in [0.05, 0.1) is 12.6 Å². The highest BCUT2D eigenvalue weighted by Crippen LogP contribution is 2.13. The maximum atomic E-state index is 12.6. The Kier molecular flexibility index (Phi) is 5.89. The molecule has 3 aliphatic rings. The van der Waals surface area contributed by atoms with Gasteiger partial charge < -0.3 is 15.1 Å². The number of nitrogens with one attached hydrogen (secondary N) is 1. The van der Waals surface area contributed by atoms with Gasteiger partial charge in [-0.25, -0.2) is 0 Å². The van der Waals surface area contributed by atoms with E-state index in [2.05, 4.69) is 10.2 Å². The third-order valence-corrected chi connectivity index (χ3v) is 5.33. The Morgan fingerprint density at radius 3 is 2.35 bits per heavy atom. The van der Waals surface area contributed by atoms with E-state index in [0.29, 0.717) is 6.54 Å². The zero-order chi connectivity index (χ0) is 16.1. The molecule has 130 valence electrons. The highest BCUT2D eigenvalue weighted by atomic mass is 16.2. The minimum absolute atomic E-state index is 0.0153. The van der Waals surface area contributed by atoms with Crippen LogP contribution in [0.1, 0.15) is 38.5 Å².